The number of halogens is 1. The van der Waals surface area contributed by atoms with Crippen LogP contribution in [0.25, 0.3) is 22.0 Å². The van der Waals surface area contributed by atoms with E-state index in [1.807, 2.05) is 12.1 Å². The Bertz CT molecular complexity index is 1140. The van der Waals surface area contributed by atoms with Gasteiger partial charge in [-0.3, -0.25) is 9.48 Å². The molecule has 0 spiro atoms. The molecule has 3 aromatic rings. The van der Waals surface area contributed by atoms with Crippen LogP contribution in [0.1, 0.15) is 31.0 Å². The number of benzene rings is 1. The lowest BCUT2D eigenvalue weighted by Gasteiger charge is -2.21. The average Bonchev–Trinajstić information content (AvgIpc) is 3.29. The largest absolute Gasteiger partial charge is 0.480 e. The third kappa shape index (κ3) is 3.98. The summed E-state index contributed by atoms with van der Waals surface area (Å²) in [6, 6.07) is 4.26. The number of carboxylic acids is 1. The molecule has 0 aliphatic carbocycles. The molecule has 2 unspecified atom stereocenters. The number of aliphatic carboxylic acids is 1. The van der Waals surface area contributed by atoms with Gasteiger partial charge in [0.2, 0.25) is 5.91 Å². The number of rotatable bonds is 5. The zero-order chi connectivity index (χ0) is 22.3. The zero-order valence-electron chi connectivity index (χ0n) is 17.1. The second kappa shape index (κ2) is 8.03. The lowest BCUT2D eigenvalue weighted by Crippen LogP contribution is -2.42. The van der Waals surface area contributed by atoms with Crippen molar-refractivity contribution in [3.8, 4) is 11.1 Å². The minimum atomic E-state index is -1.37. The third-order valence-corrected chi connectivity index (χ3v) is 5.43. The molecule has 2 aromatic heterocycles. The summed E-state index contributed by atoms with van der Waals surface area (Å²) >= 11 is 0. The number of fused-ring (bicyclic) bond motifs is 1. The van der Waals surface area contributed by atoms with Gasteiger partial charge in [-0.05, 0) is 31.5 Å². The summed E-state index contributed by atoms with van der Waals surface area (Å²) in [7, 11) is 0. The van der Waals surface area contributed by atoms with Gasteiger partial charge in [-0.15, -0.1) is 0 Å². The molecule has 31 heavy (non-hydrogen) atoms. The van der Waals surface area contributed by atoms with Gasteiger partial charge in [0.1, 0.15) is 24.6 Å². The normalized spacial score (nSPS) is 19.7. The summed E-state index contributed by atoms with van der Waals surface area (Å²) < 4.78 is 15.2. The molecule has 1 fully saturated rings. The van der Waals surface area contributed by atoms with Crippen molar-refractivity contribution >= 4 is 22.8 Å². The van der Waals surface area contributed by atoms with Gasteiger partial charge in [0, 0.05) is 29.8 Å². The van der Waals surface area contributed by atoms with E-state index in [0.717, 1.165) is 16.0 Å². The molecule has 2 N–H and O–H groups in total. The van der Waals surface area contributed by atoms with Crippen LogP contribution in [-0.2, 0) is 16.1 Å². The fourth-order valence-electron chi connectivity index (χ4n) is 3.87. The van der Waals surface area contributed by atoms with Crippen LogP contribution in [0.15, 0.2) is 30.6 Å². The monoisotopic (exact) mass is 427 g/mol. The third-order valence-electron chi connectivity index (χ3n) is 5.43. The van der Waals surface area contributed by atoms with Crippen molar-refractivity contribution in [2.45, 2.75) is 45.1 Å². The maximum Gasteiger partial charge on any atom is 0.326 e. The number of nitrogens with zero attached hydrogens (tertiary/aromatic N) is 5. The molecular weight excluding hydrogens is 405 g/mol. The van der Waals surface area contributed by atoms with Crippen LogP contribution in [0.3, 0.4) is 0 Å². The van der Waals surface area contributed by atoms with E-state index in [-0.39, 0.29) is 19.5 Å². The number of hydrogen-bond acceptors (Lipinski definition) is 6. The Hall–Kier alpha value is -3.40. The van der Waals surface area contributed by atoms with Gasteiger partial charge in [0.05, 0.1) is 23.9 Å². The number of likely N-dealkylation sites (tertiary alicyclic amines) is 1. The molecule has 3 heterocycles. The van der Waals surface area contributed by atoms with Gasteiger partial charge in [-0.2, -0.15) is 5.10 Å². The van der Waals surface area contributed by atoms with Crippen molar-refractivity contribution in [1.29, 1.82) is 0 Å². The molecule has 162 valence electrons. The van der Waals surface area contributed by atoms with Gasteiger partial charge < -0.3 is 15.1 Å². The van der Waals surface area contributed by atoms with Crippen molar-refractivity contribution in [2.24, 2.45) is 0 Å². The maximum atomic E-state index is 13.8. The summed E-state index contributed by atoms with van der Waals surface area (Å²) in [5.41, 5.74) is 2.61. The topological polar surface area (TPSA) is 121 Å². The number of amides is 1. The van der Waals surface area contributed by atoms with Crippen molar-refractivity contribution in [3.05, 3.63) is 42.1 Å². The van der Waals surface area contributed by atoms with E-state index < -0.39 is 30.2 Å². The van der Waals surface area contributed by atoms with E-state index in [1.165, 1.54) is 4.68 Å². The summed E-state index contributed by atoms with van der Waals surface area (Å²) in [6.45, 7) is 2.85. The Balaban J connectivity index is 1.69. The molecule has 10 heteroatoms. The van der Waals surface area contributed by atoms with Crippen molar-refractivity contribution in [2.75, 3.05) is 6.54 Å². The predicted octanol–water partition coefficient (Wildman–Crippen LogP) is 1.88. The standard InChI is InChI=1S/C21H22FN5O4/c1-11(28)20-16-5-13(14-7-23-12(2)24-8-14)3-4-17(16)27(25-20)10-19(29)26-9-15(22)6-18(26)21(30)31/h3-5,7-8,11,15,18,28H,6,9-10H2,1-2H3,(H,30,31)/t11?,15-,18?/m1/s1. The number of aliphatic hydroxyl groups excluding tert-OH is 1. The van der Waals surface area contributed by atoms with Gasteiger partial charge in [-0.1, -0.05) is 6.07 Å². The first-order valence-corrected chi connectivity index (χ1v) is 9.88. The van der Waals surface area contributed by atoms with E-state index >= 15 is 0 Å². The second-order valence-electron chi connectivity index (χ2n) is 7.70. The number of carbonyl (C=O) groups excluding carboxylic acids is 1. The first-order chi connectivity index (χ1) is 14.7. The number of hydrogen-bond donors (Lipinski definition) is 2. The van der Waals surface area contributed by atoms with Crippen LogP contribution < -0.4 is 0 Å². The molecular formula is C21H22FN5O4. The Morgan fingerprint density at radius 2 is 1.97 bits per heavy atom. The molecule has 0 saturated carbocycles. The minimum absolute atomic E-state index is 0.220. The highest BCUT2D eigenvalue weighted by Crippen LogP contribution is 2.29. The van der Waals surface area contributed by atoms with E-state index in [4.69, 9.17) is 0 Å². The summed E-state index contributed by atoms with van der Waals surface area (Å²) in [4.78, 5) is 33.6. The smallest absolute Gasteiger partial charge is 0.326 e. The van der Waals surface area contributed by atoms with Crippen LogP contribution in [0.4, 0.5) is 4.39 Å². The highest BCUT2D eigenvalue weighted by atomic mass is 19.1. The van der Waals surface area contributed by atoms with Crippen LogP contribution >= 0.6 is 0 Å². The number of aryl methyl sites for hydroxylation is 1. The number of aromatic nitrogens is 4. The fourth-order valence-corrected chi connectivity index (χ4v) is 3.87. The van der Waals surface area contributed by atoms with Crippen LogP contribution in [0.5, 0.6) is 0 Å². The van der Waals surface area contributed by atoms with Gasteiger partial charge >= 0.3 is 5.97 Å². The van der Waals surface area contributed by atoms with E-state index in [2.05, 4.69) is 15.1 Å². The second-order valence-corrected chi connectivity index (χ2v) is 7.70. The molecule has 1 aliphatic rings. The van der Waals surface area contributed by atoms with Gasteiger partial charge in [0.25, 0.3) is 0 Å². The molecule has 3 atom stereocenters. The van der Waals surface area contributed by atoms with Crippen molar-refractivity contribution < 1.29 is 24.2 Å². The zero-order valence-corrected chi connectivity index (χ0v) is 17.1. The lowest BCUT2D eigenvalue weighted by atomic mass is 10.0. The first kappa shape index (κ1) is 20.9. The van der Waals surface area contributed by atoms with Crippen LogP contribution in [0.2, 0.25) is 0 Å². The quantitative estimate of drug-likeness (QED) is 0.638. The molecule has 9 nitrogen and oxygen atoms in total. The van der Waals surface area contributed by atoms with Crippen LogP contribution in [-0.4, -0.2) is 65.5 Å². The average molecular weight is 427 g/mol. The molecule has 1 saturated heterocycles. The van der Waals surface area contributed by atoms with E-state index in [0.29, 0.717) is 22.4 Å². The highest BCUT2D eigenvalue weighted by molar-refractivity contribution is 5.89. The lowest BCUT2D eigenvalue weighted by molar-refractivity contribution is -0.148. The Morgan fingerprint density at radius 3 is 2.61 bits per heavy atom. The van der Waals surface area contributed by atoms with Crippen LogP contribution in [0, 0.1) is 6.92 Å². The molecule has 1 aliphatic heterocycles. The summed E-state index contributed by atoms with van der Waals surface area (Å²) in [6.07, 6.45) is 0.921. The number of aliphatic hydroxyl groups is 1. The van der Waals surface area contributed by atoms with Gasteiger partial charge in [-0.25, -0.2) is 19.2 Å². The highest BCUT2D eigenvalue weighted by Gasteiger charge is 2.40. The molecule has 1 aromatic carbocycles. The fraction of sp³-hybridized carbons (Fsp3) is 0.381. The summed E-state index contributed by atoms with van der Waals surface area (Å²) in [5, 5.41) is 24.5. The Morgan fingerprint density at radius 1 is 1.26 bits per heavy atom. The first-order valence-electron chi connectivity index (χ1n) is 9.88. The minimum Gasteiger partial charge on any atom is -0.480 e. The maximum absolute atomic E-state index is 13.8. The van der Waals surface area contributed by atoms with Gasteiger partial charge in [0.15, 0.2) is 0 Å². The number of carboxylic acid groups (broad SMARTS) is 1. The predicted molar refractivity (Wildman–Crippen MR) is 109 cm³/mol. The molecule has 4 rings (SSSR count). The summed E-state index contributed by atoms with van der Waals surface area (Å²) in [5.74, 6) is -1.11. The van der Waals surface area contributed by atoms with Crippen molar-refractivity contribution in [3.63, 3.8) is 0 Å². The molecule has 0 bridgehead atoms. The molecule has 1 amide bonds. The number of carbonyl (C=O) groups is 2. The van der Waals surface area contributed by atoms with Crippen molar-refractivity contribution in [1.82, 2.24) is 24.6 Å². The Labute approximate surface area is 177 Å². The molecule has 0 radical (unpaired) electrons. The van der Waals surface area contributed by atoms with E-state index in [9.17, 15) is 24.2 Å². The Kier molecular flexibility index (Phi) is 5.40. The SMILES string of the molecule is Cc1ncc(-c2ccc3c(c2)c(C(C)O)nn3CC(=O)N2C[C@H](F)CC2C(=O)O)cn1. The van der Waals surface area contributed by atoms with E-state index in [1.54, 1.807) is 32.3 Å². The number of alkyl halides is 1.